The number of fused-ring (bicyclic) bond motifs is 3. The van der Waals surface area contributed by atoms with Gasteiger partial charge in [-0.1, -0.05) is 44.2 Å². The average molecular weight is 243 g/mol. The van der Waals surface area contributed by atoms with E-state index < -0.39 is 0 Å². The molecule has 0 spiro atoms. The molecule has 2 heterocycles. The fourth-order valence-electron chi connectivity index (χ4n) is 3.98. The molecule has 18 heavy (non-hydrogen) atoms. The Bertz CT molecular complexity index is 510. The van der Waals surface area contributed by atoms with Gasteiger partial charge in [0.15, 0.2) is 6.23 Å². The third-order valence-corrected chi connectivity index (χ3v) is 4.97. The van der Waals surface area contributed by atoms with Crippen molar-refractivity contribution in [3.8, 4) is 0 Å². The summed E-state index contributed by atoms with van der Waals surface area (Å²) in [6.07, 6.45) is -0.160. The minimum absolute atomic E-state index is 0.160. The molecule has 1 unspecified atom stereocenters. The second-order valence-corrected chi connectivity index (χ2v) is 6.23. The van der Waals surface area contributed by atoms with Gasteiger partial charge in [0.05, 0.1) is 12.6 Å². The van der Waals surface area contributed by atoms with Crippen molar-refractivity contribution in [2.24, 2.45) is 17.3 Å². The summed E-state index contributed by atoms with van der Waals surface area (Å²) in [6.45, 7) is 5.09. The number of carbonyl (C=O) groups is 1. The highest BCUT2D eigenvalue weighted by Crippen LogP contribution is 2.67. The van der Waals surface area contributed by atoms with Crippen LogP contribution in [0.4, 0.5) is 0 Å². The van der Waals surface area contributed by atoms with E-state index in [9.17, 15) is 4.79 Å². The van der Waals surface area contributed by atoms with Gasteiger partial charge in [-0.3, -0.25) is 4.79 Å². The Hall–Kier alpha value is -1.35. The van der Waals surface area contributed by atoms with Crippen LogP contribution in [0.3, 0.4) is 0 Å². The fraction of sp³-hybridized carbons (Fsp3) is 0.533. The number of benzene rings is 1. The van der Waals surface area contributed by atoms with Gasteiger partial charge in [-0.2, -0.15) is 0 Å². The third-order valence-electron chi connectivity index (χ3n) is 4.97. The summed E-state index contributed by atoms with van der Waals surface area (Å²) in [5.74, 6) is 1.03. The first-order valence-electron chi connectivity index (χ1n) is 6.61. The zero-order valence-electron chi connectivity index (χ0n) is 10.7. The molecule has 94 valence electrons. The molecule has 0 radical (unpaired) electrons. The molecule has 1 aromatic rings. The molecule has 4 rings (SSSR count). The van der Waals surface area contributed by atoms with Crippen LogP contribution in [0.25, 0.3) is 0 Å². The summed E-state index contributed by atoms with van der Waals surface area (Å²) in [5, 5.41) is 0. The normalized spacial score (nSPS) is 39.7. The lowest BCUT2D eigenvalue weighted by Crippen LogP contribution is -2.37. The van der Waals surface area contributed by atoms with E-state index in [1.54, 1.807) is 0 Å². The maximum absolute atomic E-state index is 12.5. The summed E-state index contributed by atoms with van der Waals surface area (Å²) < 4.78 is 5.87. The molecule has 3 nitrogen and oxygen atoms in total. The Morgan fingerprint density at radius 2 is 2.00 bits per heavy atom. The Morgan fingerprint density at radius 3 is 2.72 bits per heavy atom. The molecule has 1 amide bonds. The van der Waals surface area contributed by atoms with Crippen molar-refractivity contribution in [1.29, 1.82) is 0 Å². The summed E-state index contributed by atoms with van der Waals surface area (Å²) in [5.41, 5.74) is 1.28. The van der Waals surface area contributed by atoms with Gasteiger partial charge >= 0.3 is 0 Å². The van der Waals surface area contributed by atoms with Gasteiger partial charge in [-0.25, -0.2) is 0 Å². The Labute approximate surface area is 107 Å². The number of ether oxygens (including phenoxy) is 1. The van der Waals surface area contributed by atoms with Crippen LogP contribution >= 0.6 is 0 Å². The smallest absolute Gasteiger partial charge is 0.229 e. The summed E-state index contributed by atoms with van der Waals surface area (Å²) in [4.78, 5) is 14.5. The van der Waals surface area contributed by atoms with E-state index in [-0.39, 0.29) is 17.6 Å². The Kier molecular flexibility index (Phi) is 1.85. The SMILES string of the molecule is CC1(C)C2[C@H]1C(=O)N1[C@H](c3ccccc3)OC[C@@H]21. The highest BCUT2D eigenvalue weighted by molar-refractivity contribution is 5.87. The van der Waals surface area contributed by atoms with E-state index in [0.29, 0.717) is 24.5 Å². The van der Waals surface area contributed by atoms with Crippen LogP contribution in [-0.4, -0.2) is 23.5 Å². The summed E-state index contributed by atoms with van der Waals surface area (Å²) in [7, 11) is 0. The molecule has 3 aliphatic rings. The lowest BCUT2D eigenvalue weighted by Gasteiger charge is -2.27. The van der Waals surface area contributed by atoms with Gasteiger partial charge in [0.25, 0.3) is 0 Å². The molecule has 2 aliphatic heterocycles. The molecular formula is C15H17NO2. The van der Waals surface area contributed by atoms with Crippen molar-refractivity contribution >= 4 is 5.91 Å². The van der Waals surface area contributed by atoms with Crippen molar-refractivity contribution in [2.75, 3.05) is 6.61 Å². The van der Waals surface area contributed by atoms with E-state index in [1.165, 1.54) is 0 Å². The van der Waals surface area contributed by atoms with E-state index in [2.05, 4.69) is 13.8 Å². The van der Waals surface area contributed by atoms with Crippen molar-refractivity contribution in [3.05, 3.63) is 35.9 Å². The highest BCUT2D eigenvalue weighted by atomic mass is 16.5. The molecule has 0 aromatic heterocycles. The van der Waals surface area contributed by atoms with Gasteiger partial charge in [-0.15, -0.1) is 0 Å². The monoisotopic (exact) mass is 243 g/mol. The van der Waals surface area contributed by atoms with Gasteiger partial charge in [0.2, 0.25) is 5.91 Å². The van der Waals surface area contributed by atoms with E-state index in [0.717, 1.165) is 5.56 Å². The lowest BCUT2D eigenvalue weighted by molar-refractivity contribution is -0.137. The predicted octanol–water partition coefficient (Wildman–Crippen LogP) is 2.20. The molecule has 2 saturated heterocycles. The molecule has 0 bridgehead atoms. The second-order valence-electron chi connectivity index (χ2n) is 6.23. The average Bonchev–Trinajstić information content (AvgIpc) is 2.70. The molecule has 0 N–H and O–H groups in total. The van der Waals surface area contributed by atoms with Gasteiger partial charge in [-0.05, 0) is 11.3 Å². The van der Waals surface area contributed by atoms with Crippen LogP contribution in [0.1, 0.15) is 25.6 Å². The van der Waals surface area contributed by atoms with Crippen molar-refractivity contribution in [2.45, 2.75) is 26.1 Å². The molecule has 3 fully saturated rings. The summed E-state index contributed by atoms with van der Waals surface area (Å²) >= 11 is 0. The number of piperidine rings is 1. The number of rotatable bonds is 1. The largest absolute Gasteiger partial charge is 0.352 e. The zero-order valence-corrected chi connectivity index (χ0v) is 10.7. The Morgan fingerprint density at radius 1 is 1.28 bits per heavy atom. The molecule has 3 heteroatoms. The number of carbonyl (C=O) groups excluding carboxylic acids is 1. The van der Waals surface area contributed by atoms with Crippen LogP contribution in [-0.2, 0) is 9.53 Å². The first kappa shape index (κ1) is 10.6. The van der Waals surface area contributed by atoms with E-state index >= 15 is 0 Å². The molecule has 1 aromatic carbocycles. The van der Waals surface area contributed by atoms with Crippen molar-refractivity contribution < 1.29 is 9.53 Å². The first-order chi connectivity index (χ1) is 8.62. The number of amides is 1. The van der Waals surface area contributed by atoms with Gasteiger partial charge in [0, 0.05) is 11.5 Å². The third kappa shape index (κ3) is 1.11. The van der Waals surface area contributed by atoms with Crippen LogP contribution in [0.2, 0.25) is 0 Å². The topological polar surface area (TPSA) is 29.5 Å². The number of nitrogens with zero attached hydrogens (tertiary/aromatic N) is 1. The van der Waals surface area contributed by atoms with Gasteiger partial charge in [0.1, 0.15) is 0 Å². The van der Waals surface area contributed by atoms with Gasteiger partial charge < -0.3 is 9.64 Å². The van der Waals surface area contributed by atoms with Crippen molar-refractivity contribution in [1.82, 2.24) is 4.90 Å². The standard InChI is InChI=1S/C15H17NO2/c1-15(2)11-10-8-18-14(9-6-4-3-5-7-9)16(10)13(17)12(11)15/h3-7,10-12,14H,8H2,1-2H3/t10-,11?,12-,14-/m0/s1. The second kappa shape index (κ2) is 3.15. The summed E-state index contributed by atoms with van der Waals surface area (Å²) in [6, 6.07) is 10.4. The van der Waals surface area contributed by atoms with Crippen molar-refractivity contribution in [3.63, 3.8) is 0 Å². The van der Waals surface area contributed by atoms with Crippen LogP contribution in [0.15, 0.2) is 30.3 Å². The predicted molar refractivity (Wildman–Crippen MR) is 66.5 cm³/mol. The van der Waals surface area contributed by atoms with E-state index in [1.807, 2.05) is 35.2 Å². The molecule has 1 saturated carbocycles. The van der Waals surface area contributed by atoms with Crippen LogP contribution in [0, 0.1) is 17.3 Å². The number of hydrogen-bond donors (Lipinski definition) is 0. The van der Waals surface area contributed by atoms with Crippen LogP contribution < -0.4 is 0 Å². The first-order valence-corrected chi connectivity index (χ1v) is 6.61. The lowest BCUT2D eigenvalue weighted by atomic mass is 10.0. The van der Waals surface area contributed by atoms with Crippen LogP contribution in [0.5, 0.6) is 0 Å². The number of hydrogen-bond acceptors (Lipinski definition) is 2. The minimum Gasteiger partial charge on any atom is -0.352 e. The van der Waals surface area contributed by atoms with E-state index in [4.69, 9.17) is 4.74 Å². The molecular weight excluding hydrogens is 226 g/mol. The quantitative estimate of drug-likeness (QED) is 0.756. The zero-order chi connectivity index (χ0) is 12.5. The Balaban J connectivity index is 1.67. The molecule has 4 atom stereocenters. The minimum atomic E-state index is -0.160. The maximum atomic E-state index is 12.5. The fourth-order valence-corrected chi connectivity index (χ4v) is 3.98. The highest BCUT2D eigenvalue weighted by Gasteiger charge is 2.73. The maximum Gasteiger partial charge on any atom is 0.229 e. The molecule has 1 aliphatic carbocycles.